The van der Waals surface area contributed by atoms with Crippen molar-refractivity contribution in [2.24, 2.45) is 0 Å². The number of esters is 2. The molecule has 0 atom stereocenters. The molecule has 0 bridgehead atoms. The van der Waals surface area contributed by atoms with Crippen LogP contribution in [0.15, 0.2) is 72.1 Å². The molecule has 0 radical (unpaired) electrons. The maximum Gasteiger partial charge on any atom is 0.336 e. The Morgan fingerprint density at radius 2 is 1.53 bits per heavy atom. The Balaban J connectivity index is 0.000000633. The molecule has 1 heterocycles. The van der Waals surface area contributed by atoms with E-state index >= 15 is 0 Å². The van der Waals surface area contributed by atoms with Crippen LogP contribution in [-0.4, -0.2) is 42.6 Å². The molecule has 172 valence electrons. The predicted octanol–water partition coefficient (Wildman–Crippen LogP) is 4.27. The van der Waals surface area contributed by atoms with Crippen LogP contribution in [0.1, 0.15) is 25.3 Å². The van der Waals surface area contributed by atoms with E-state index in [-0.39, 0.29) is 22.4 Å². The number of nitro groups is 1. The second-order valence-corrected chi connectivity index (χ2v) is 7.62. The van der Waals surface area contributed by atoms with E-state index in [1.165, 1.54) is 32.4 Å². The van der Waals surface area contributed by atoms with E-state index in [0.717, 1.165) is 11.5 Å². The van der Waals surface area contributed by atoms with Gasteiger partial charge in [0.05, 0.1) is 36.2 Å². The Bertz CT molecular complexity index is 906. The number of nitro benzene ring substituents is 1. The smallest absolute Gasteiger partial charge is 0.336 e. The summed E-state index contributed by atoms with van der Waals surface area (Å²) in [5.74, 6) is -0.259. The largest absolute Gasteiger partial charge is 0.466 e. The van der Waals surface area contributed by atoms with Crippen LogP contribution in [0.3, 0.4) is 0 Å². The number of methoxy groups -OCH3 is 2. The van der Waals surface area contributed by atoms with Crippen molar-refractivity contribution in [2.75, 3.05) is 25.7 Å². The number of carbonyl (C=O) groups excluding carboxylic acids is 2. The van der Waals surface area contributed by atoms with Gasteiger partial charge in [0.1, 0.15) is 0 Å². The highest BCUT2D eigenvalue weighted by molar-refractivity contribution is 7.99. The lowest BCUT2D eigenvalue weighted by Crippen LogP contribution is -2.32. The molecule has 1 aromatic carbocycles. The highest BCUT2D eigenvalue weighted by Crippen LogP contribution is 2.42. The summed E-state index contributed by atoms with van der Waals surface area (Å²) in [5.41, 5.74) is 1.19. The Labute approximate surface area is 192 Å². The Hall–Kier alpha value is -3.33. The molecular formula is C23H28N2O6S. The Morgan fingerprint density at radius 3 is 1.94 bits per heavy atom. The van der Waals surface area contributed by atoms with Crippen LogP contribution >= 0.6 is 11.8 Å². The summed E-state index contributed by atoms with van der Waals surface area (Å²) in [6.07, 6.45) is 3.79. The van der Waals surface area contributed by atoms with Gasteiger partial charge in [-0.05, 0) is 13.8 Å². The van der Waals surface area contributed by atoms with Gasteiger partial charge in [-0.1, -0.05) is 30.4 Å². The molecule has 0 fully saturated rings. The molecule has 2 rings (SSSR count). The number of thioether (sulfide) groups is 1. The fourth-order valence-corrected chi connectivity index (χ4v) is 3.67. The summed E-state index contributed by atoms with van der Waals surface area (Å²) < 4.78 is 9.66. The highest BCUT2D eigenvalue weighted by atomic mass is 32.2. The zero-order chi connectivity index (χ0) is 24.3. The summed E-state index contributed by atoms with van der Waals surface area (Å²) in [4.78, 5) is 35.6. The van der Waals surface area contributed by atoms with Crippen LogP contribution < -0.4 is 5.32 Å². The SMILES string of the molecule is C=CCSCC=C.COC(=O)C1=C(C)NC(C)=C(C(=O)OC)C1c1ccccc1[N+](=O)[O-]. The van der Waals surface area contributed by atoms with E-state index in [2.05, 4.69) is 18.5 Å². The molecular weight excluding hydrogens is 432 g/mol. The van der Waals surface area contributed by atoms with Crippen LogP contribution in [0.4, 0.5) is 5.69 Å². The number of ether oxygens (including phenoxy) is 2. The van der Waals surface area contributed by atoms with Gasteiger partial charge in [-0.15, -0.1) is 13.2 Å². The maximum absolute atomic E-state index is 12.3. The fraction of sp³-hybridized carbons (Fsp3) is 0.304. The second kappa shape index (κ2) is 13.2. The van der Waals surface area contributed by atoms with E-state index in [0.29, 0.717) is 11.4 Å². The molecule has 0 aliphatic carbocycles. The molecule has 0 aromatic heterocycles. The quantitative estimate of drug-likeness (QED) is 0.201. The van der Waals surface area contributed by atoms with Crippen LogP contribution in [0, 0.1) is 10.1 Å². The van der Waals surface area contributed by atoms with Crippen molar-refractivity contribution in [1.82, 2.24) is 5.32 Å². The number of nitrogens with zero attached hydrogens (tertiary/aromatic N) is 1. The average Bonchev–Trinajstić information content (AvgIpc) is 2.78. The van der Waals surface area contributed by atoms with Gasteiger partial charge in [-0.2, -0.15) is 11.8 Å². The topological polar surface area (TPSA) is 108 Å². The Morgan fingerprint density at radius 1 is 1.06 bits per heavy atom. The monoisotopic (exact) mass is 460 g/mol. The first-order chi connectivity index (χ1) is 15.2. The van der Waals surface area contributed by atoms with Crippen LogP contribution in [0.2, 0.25) is 0 Å². The highest BCUT2D eigenvalue weighted by Gasteiger charge is 2.40. The first-order valence-electron chi connectivity index (χ1n) is 9.63. The molecule has 1 N–H and O–H groups in total. The zero-order valence-electron chi connectivity index (χ0n) is 18.7. The predicted molar refractivity (Wildman–Crippen MR) is 126 cm³/mol. The summed E-state index contributed by atoms with van der Waals surface area (Å²) in [5, 5.41) is 14.4. The number of rotatable bonds is 8. The van der Waals surface area contributed by atoms with Gasteiger partial charge < -0.3 is 14.8 Å². The van der Waals surface area contributed by atoms with Gasteiger partial charge in [0.25, 0.3) is 5.69 Å². The minimum atomic E-state index is -0.970. The molecule has 1 aromatic rings. The molecule has 0 saturated heterocycles. The summed E-state index contributed by atoms with van der Waals surface area (Å²) in [7, 11) is 2.42. The number of dihydropyridines is 1. The lowest BCUT2D eigenvalue weighted by molar-refractivity contribution is -0.385. The van der Waals surface area contributed by atoms with Crippen LogP contribution in [0.25, 0.3) is 0 Å². The lowest BCUT2D eigenvalue weighted by atomic mass is 9.79. The van der Waals surface area contributed by atoms with Crippen LogP contribution in [-0.2, 0) is 19.1 Å². The molecule has 0 amide bonds. The van der Waals surface area contributed by atoms with Crippen molar-refractivity contribution >= 4 is 29.4 Å². The number of para-hydroxylation sites is 1. The third-order valence-corrected chi connectivity index (χ3v) is 5.43. The number of carbonyl (C=O) groups is 2. The minimum absolute atomic E-state index is 0.128. The molecule has 0 spiro atoms. The standard InChI is InChI=1S/C17H18N2O6.C6H10S/c1-9-13(16(20)24-3)15(14(10(2)18-9)17(21)25-4)11-7-5-6-8-12(11)19(22)23;1-3-5-7-6-4-2/h5-8,15,18H,1-4H3;3-4H,1-2,5-6H2. The number of benzene rings is 1. The van der Waals surface area contributed by atoms with E-state index in [9.17, 15) is 19.7 Å². The summed E-state index contributed by atoms with van der Waals surface area (Å²) in [6.45, 7) is 10.4. The number of allylic oxidation sites excluding steroid dienone is 2. The number of nitrogens with one attached hydrogen (secondary N) is 1. The number of hydrogen-bond donors (Lipinski definition) is 1. The van der Waals surface area contributed by atoms with E-state index < -0.39 is 22.8 Å². The van der Waals surface area contributed by atoms with Gasteiger partial charge in [-0.3, -0.25) is 10.1 Å². The van der Waals surface area contributed by atoms with E-state index in [1.54, 1.807) is 19.9 Å². The van der Waals surface area contributed by atoms with Crippen molar-refractivity contribution in [1.29, 1.82) is 0 Å². The van der Waals surface area contributed by atoms with Crippen molar-refractivity contribution < 1.29 is 24.0 Å². The van der Waals surface area contributed by atoms with Gasteiger partial charge in [0, 0.05) is 34.5 Å². The van der Waals surface area contributed by atoms with E-state index in [1.807, 2.05) is 23.9 Å². The molecule has 1 aliphatic heterocycles. The Kier molecular flexibility index (Phi) is 11.0. The van der Waals surface area contributed by atoms with Crippen molar-refractivity contribution in [3.63, 3.8) is 0 Å². The third-order valence-electron chi connectivity index (χ3n) is 4.49. The molecule has 32 heavy (non-hydrogen) atoms. The maximum atomic E-state index is 12.3. The minimum Gasteiger partial charge on any atom is -0.466 e. The van der Waals surface area contributed by atoms with Gasteiger partial charge >= 0.3 is 11.9 Å². The summed E-state index contributed by atoms with van der Waals surface area (Å²) >= 11 is 1.82. The van der Waals surface area contributed by atoms with Gasteiger partial charge in [0.2, 0.25) is 0 Å². The first kappa shape index (κ1) is 26.7. The molecule has 9 heteroatoms. The van der Waals surface area contributed by atoms with E-state index in [4.69, 9.17) is 9.47 Å². The number of hydrogen-bond acceptors (Lipinski definition) is 8. The third kappa shape index (κ3) is 6.58. The first-order valence-corrected chi connectivity index (χ1v) is 10.8. The van der Waals surface area contributed by atoms with Crippen molar-refractivity contribution in [3.8, 4) is 0 Å². The van der Waals surface area contributed by atoms with Crippen molar-refractivity contribution in [3.05, 3.63) is 87.8 Å². The second-order valence-electron chi connectivity index (χ2n) is 6.55. The zero-order valence-corrected chi connectivity index (χ0v) is 19.5. The summed E-state index contributed by atoms with van der Waals surface area (Å²) in [6, 6.07) is 5.97. The van der Waals surface area contributed by atoms with Gasteiger partial charge in [0.15, 0.2) is 0 Å². The molecule has 8 nitrogen and oxygen atoms in total. The fourth-order valence-electron chi connectivity index (χ4n) is 3.20. The normalized spacial score (nSPS) is 13.4. The lowest BCUT2D eigenvalue weighted by Gasteiger charge is -2.29. The molecule has 0 saturated carbocycles. The molecule has 1 aliphatic rings. The van der Waals surface area contributed by atoms with Crippen LogP contribution in [0.5, 0.6) is 0 Å². The van der Waals surface area contributed by atoms with Gasteiger partial charge in [-0.25, -0.2) is 9.59 Å². The molecule has 0 unspecified atom stereocenters. The average molecular weight is 461 g/mol. The van der Waals surface area contributed by atoms with Crippen molar-refractivity contribution in [2.45, 2.75) is 19.8 Å².